The number of carbonyl (C=O) groups excluding carboxylic acids is 2. The van der Waals surface area contributed by atoms with Crippen LogP contribution in [0.4, 0.5) is 24.5 Å². The molecule has 0 spiro atoms. The number of alkyl halides is 3. The lowest BCUT2D eigenvalue weighted by atomic mass is 10.1. The average molecular weight is 378 g/mol. The summed E-state index contributed by atoms with van der Waals surface area (Å²) in [5, 5.41) is 12.4. The quantitative estimate of drug-likeness (QED) is 0.800. The predicted molar refractivity (Wildman–Crippen MR) is 93.4 cm³/mol. The van der Waals surface area contributed by atoms with Crippen molar-refractivity contribution in [1.29, 1.82) is 0 Å². The number of hydrogen-bond donors (Lipinski definition) is 2. The summed E-state index contributed by atoms with van der Waals surface area (Å²) < 4.78 is 38.6. The van der Waals surface area contributed by atoms with Gasteiger partial charge in [0.25, 0.3) is 0 Å². The Balaban J connectivity index is 1.74. The van der Waals surface area contributed by atoms with Gasteiger partial charge in [-0.3, -0.25) is 9.59 Å². The Morgan fingerprint density at radius 2 is 1.96 bits per heavy atom. The van der Waals surface area contributed by atoms with Crippen LogP contribution in [0.15, 0.2) is 42.5 Å². The highest BCUT2D eigenvalue weighted by molar-refractivity contribution is 6.03. The highest BCUT2D eigenvalue weighted by atomic mass is 19.4. The minimum atomic E-state index is -4.52. The van der Waals surface area contributed by atoms with E-state index < -0.39 is 29.5 Å². The van der Waals surface area contributed by atoms with Gasteiger partial charge in [-0.2, -0.15) is 13.2 Å². The third-order valence-electron chi connectivity index (χ3n) is 4.39. The molecule has 27 heavy (non-hydrogen) atoms. The predicted octanol–water partition coefficient (Wildman–Crippen LogP) is 3.71. The molecule has 3 rings (SSSR count). The summed E-state index contributed by atoms with van der Waals surface area (Å²) >= 11 is 0. The fraction of sp³-hybridized carbons (Fsp3) is 0.263. The topological polar surface area (TPSA) is 69.6 Å². The SMILES string of the molecule is Cc1ccc(NC(=O)[C@@H]2CC(=O)N(c3cccc(C(F)(F)F)c3)C2)c(O)c1. The summed E-state index contributed by atoms with van der Waals surface area (Å²) in [5.41, 5.74) is 0.279. The van der Waals surface area contributed by atoms with E-state index in [4.69, 9.17) is 0 Å². The first-order valence-electron chi connectivity index (χ1n) is 8.23. The van der Waals surface area contributed by atoms with E-state index in [9.17, 15) is 27.9 Å². The van der Waals surface area contributed by atoms with Crippen molar-refractivity contribution in [3.63, 3.8) is 0 Å². The Morgan fingerprint density at radius 3 is 2.63 bits per heavy atom. The average Bonchev–Trinajstić information content (AvgIpc) is 2.99. The van der Waals surface area contributed by atoms with Crippen molar-refractivity contribution in [2.24, 2.45) is 5.92 Å². The van der Waals surface area contributed by atoms with Crippen LogP contribution in [-0.4, -0.2) is 23.5 Å². The second-order valence-corrected chi connectivity index (χ2v) is 6.46. The summed E-state index contributed by atoms with van der Waals surface area (Å²) in [4.78, 5) is 25.8. The smallest absolute Gasteiger partial charge is 0.416 e. The number of rotatable bonds is 3. The molecule has 1 aliphatic rings. The number of anilines is 2. The van der Waals surface area contributed by atoms with Crippen LogP contribution in [0, 0.1) is 12.8 Å². The number of benzene rings is 2. The highest BCUT2D eigenvalue weighted by Gasteiger charge is 2.37. The highest BCUT2D eigenvalue weighted by Crippen LogP contribution is 2.34. The maximum atomic E-state index is 12.9. The first-order valence-corrected chi connectivity index (χ1v) is 8.23. The first kappa shape index (κ1) is 18.8. The molecule has 1 heterocycles. The standard InChI is InChI=1S/C19H17F3N2O3/c1-11-5-6-15(16(25)7-11)23-18(27)12-8-17(26)24(10-12)14-4-2-3-13(9-14)19(20,21)22/h2-7,9,12,25H,8,10H2,1H3,(H,23,27)/t12-/m1/s1. The molecule has 142 valence electrons. The lowest BCUT2D eigenvalue weighted by molar-refractivity contribution is -0.137. The van der Waals surface area contributed by atoms with Crippen LogP contribution >= 0.6 is 0 Å². The monoisotopic (exact) mass is 378 g/mol. The Bertz CT molecular complexity index is 896. The lowest BCUT2D eigenvalue weighted by Crippen LogP contribution is -2.28. The number of aryl methyl sites for hydroxylation is 1. The number of halogens is 3. The van der Waals surface area contributed by atoms with Gasteiger partial charge in [0.2, 0.25) is 11.8 Å². The number of phenolic OH excluding ortho intramolecular Hbond substituents is 1. The molecule has 0 aliphatic carbocycles. The van der Waals surface area contributed by atoms with Crippen LogP contribution in [-0.2, 0) is 15.8 Å². The molecule has 1 saturated heterocycles. The van der Waals surface area contributed by atoms with Crippen LogP contribution in [0.25, 0.3) is 0 Å². The molecule has 0 saturated carbocycles. The van der Waals surface area contributed by atoms with E-state index in [0.717, 1.165) is 17.7 Å². The third-order valence-corrected chi connectivity index (χ3v) is 4.39. The van der Waals surface area contributed by atoms with Crippen LogP contribution in [0.5, 0.6) is 5.75 Å². The number of amides is 2. The molecule has 2 amide bonds. The number of phenols is 1. The molecule has 2 aromatic carbocycles. The second-order valence-electron chi connectivity index (χ2n) is 6.46. The molecule has 1 fully saturated rings. The number of carbonyl (C=O) groups is 2. The van der Waals surface area contributed by atoms with E-state index in [0.29, 0.717) is 0 Å². The summed E-state index contributed by atoms with van der Waals surface area (Å²) in [7, 11) is 0. The first-order chi connectivity index (χ1) is 12.6. The molecule has 2 N–H and O–H groups in total. The van der Waals surface area contributed by atoms with Crippen molar-refractivity contribution in [2.75, 3.05) is 16.8 Å². The zero-order valence-corrected chi connectivity index (χ0v) is 14.4. The zero-order valence-electron chi connectivity index (χ0n) is 14.4. The molecule has 0 aromatic heterocycles. The van der Waals surface area contributed by atoms with Gasteiger partial charge in [0.1, 0.15) is 5.75 Å². The number of nitrogens with zero attached hydrogens (tertiary/aromatic N) is 1. The molecule has 1 aliphatic heterocycles. The van der Waals surface area contributed by atoms with Crippen molar-refractivity contribution in [3.8, 4) is 5.75 Å². The van der Waals surface area contributed by atoms with Crippen molar-refractivity contribution in [3.05, 3.63) is 53.6 Å². The van der Waals surface area contributed by atoms with E-state index in [2.05, 4.69) is 5.32 Å². The van der Waals surface area contributed by atoms with Gasteiger partial charge < -0.3 is 15.3 Å². The fourth-order valence-corrected chi connectivity index (χ4v) is 2.97. The van der Waals surface area contributed by atoms with E-state index >= 15 is 0 Å². The number of nitrogens with one attached hydrogen (secondary N) is 1. The number of hydrogen-bond acceptors (Lipinski definition) is 3. The van der Waals surface area contributed by atoms with Gasteiger partial charge in [0.05, 0.1) is 17.2 Å². The maximum absolute atomic E-state index is 12.9. The van der Waals surface area contributed by atoms with Crippen molar-refractivity contribution < 1.29 is 27.9 Å². The van der Waals surface area contributed by atoms with Crippen LogP contribution in [0.2, 0.25) is 0 Å². The van der Waals surface area contributed by atoms with Gasteiger partial charge in [-0.25, -0.2) is 0 Å². The molecular weight excluding hydrogens is 361 g/mol. The van der Waals surface area contributed by atoms with Crippen molar-refractivity contribution >= 4 is 23.2 Å². The third kappa shape index (κ3) is 4.05. The van der Waals surface area contributed by atoms with Gasteiger partial charge in [-0.05, 0) is 42.8 Å². The lowest BCUT2D eigenvalue weighted by Gasteiger charge is -2.18. The minimum absolute atomic E-state index is 0.0292. The normalized spacial score (nSPS) is 17.3. The van der Waals surface area contributed by atoms with E-state index in [-0.39, 0.29) is 30.1 Å². The fourth-order valence-electron chi connectivity index (χ4n) is 2.97. The molecule has 8 heteroatoms. The zero-order chi connectivity index (χ0) is 19.8. The molecule has 1 atom stereocenters. The molecular formula is C19H17F3N2O3. The molecule has 0 bridgehead atoms. The van der Waals surface area contributed by atoms with Gasteiger partial charge >= 0.3 is 6.18 Å². The molecule has 2 aromatic rings. The van der Waals surface area contributed by atoms with Crippen LogP contribution in [0.3, 0.4) is 0 Å². The van der Waals surface area contributed by atoms with Gasteiger partial charge in [-0.15, -0.1) is 0 Å². The number of aromatic hydroxyl groups is 1. The van der Waals surface area contributed by atoms with E-state index in [1.54, 1.807) is 19.1 Å². The minimum Gasteiger partial charge on any atom is -0.506 e. The Hall–Kier alpha value is -3.03. The summed E-state index contributed by atoms with van der Waals surface area (Å²) in [6.45, 7) is 1.76. The summed E-state index contributed by atoms with van der Waals surface area (Å²) in [6.07, 6.45) is -4.63. The summed E-state index contributed by atoms with van der Waals surface area (Å²) in [6, 6.07) is 9.19. The Morgan fingerprint density at radius 1 is 1.22 bits per heavy atom. The molecule has 0 unspecified atom stereocenters. The van der Waals surface area contributed by atoms with Crippen LogP contribution < -0.4 is 10.2 Å². The van der Waals surface area contributed by atoms with Crippen LogP contribution in [0.1, 0.15) is 17.5 Å². The van der Waals surface area contributed by atoms with Crippen molar-refractivity contribution in [1.82, 2.24) is 0 Å². The van der Waals surface area contributed by atoms with Gasteiger partial charge in [0, 0.05) is 18.7 Å². The van der Waals surface area contributed by atoms with E-state index in [1.807, 2.05) is 0 Å². The Labute approximate surface area is 153 Å². The van der Waals surface area contributed by atoms with E-state index in [1.165, 1.54) is 23.1 Å². The van der Waals surface area contributed by atoms with Crippen molar-refractivity contribution in [2.45, 2.75) is 19.5 Å². The maximum Gasteiger partial charge on any atom is 0.416 e. The molecule has 5 nitrogen and oxygen atoms in total. The largest absolute Gasteiger partial charge is 0.506 e. The second kappa shape index (κ2) is 6.94. The van der Waals surface area contributed by atoms with Gasteiger partial charge in [0.15, 0.2) is 0 Å². The Kier molecular flexibility index (Phi) is 4.82. The summed E-state index contributed by atoms with van der Waals surface area (Å²) in [5.74, 6) is -1.73. The molecule has 0 radical (unpaired) electrons. The van der Waals surface area contributed by atoms with Gasteiger partial charge in [-0.1, -0.05) is 12.1 Å².